The molecule has 1 heteroatoms. The molecule has 0 fully saturated rings. The molecule has 0 aliphatic carbocycles. The zero-order valence-corrected chi connectivity index (χ0v) is 10.9. The number of rotatable bonds is 5. The van der Waals surface area contributed by atoms with Gasteiger partial charge in [-0.3, -0.25) is 0 Å². The number of aryl methyl sites for hydroxylation is 1. The van der Waals surface area contributed by atoms with Crippen molar-refractivity contribution in [1.82, 2.24) is 0 Å². The predicted octanol–water partition coefficient (Wildman–Crippen LogP) is 3.90. The summed E-state index contributed by atoms with van der Waals surface area (Å²) in [4.78, 5) is 0. The van der Waals surface area contributed by atoms with Crippen LogP contribution >= 0.6 is 0 Å². The zero-order valence-electron chi connectivity index (χ0n) is 10.9. The van der Waals surface area contributed by atoms with E-state index in [1.807, 2.05) is 0 Å². The third-order valence-electron chi connectivity index (χ3n) is 3.31. The molecule has 0 aromatic heterocycles. The summed E-state index contributed by atoms with van der Waals surface area (Å²) in [7, 11) is 0. The van der Waals surface area contributed by atoms with E-state index in [-0.39, 0.29) is 6.10 Å². The first-order valence-electron chi connectivity index (χ1n) is 6.25. The third-order valence-corrected chi connectivity index (χ3v) is 3.31. The van der Waals surface area contributed by atoms with Gasteiger partial charge in [-0.1, -0.05) is 50.6 Å². The Kier molecular flexibility index (Phi) is 5.01. The van der Waals surface area contributed by atoms with E-state index in [4.69, 9.17) is 0 Å². The normalized spacial score (nSPS) is 15.1. The lowest BCUT2D eigenvalue weighted by Gasteiger charge is -2.17. The lowest BCUT2D eigenvalue weighted by Crippen LogP contribution is -2.15. The van der Waals surface area contributed by atoms with Gasteiger partial charge in [0.05, 0.1) is 6.10 Å². The van der Waals surface area contributed by atoms with Crippen LogP contribution in [0.25, 0.3) is 0 Å². The van der Waals surface area contributed by atoms with Crippen molar-refractivity contribution in [2.24, 2.45) is 5.92 Å². The number of aliphatic hydroxyl groups excluding tert-OH is 1. The summed E-state index contributed by atoms with van der Waals surface area (Å²) in [6.45, 7) is 8.48. The molecule has 1 N–H and O–H groups in total. The molecule has 1 nitrogen and oxygen atoms in total. The van der Waals surface area contributed by atoms with Crippen LogP contribution in [0.3, 0.4) is 0 Å². The molecule has 16 heavy (non-hydrogen) atoms. The molecule has 0 radical (unpaired) electrons. The minimum Gasteiger partial charge on any atom is -0.393 e. The SMILES string of the molecule is Cc1ccc(C(C)CCC(O)C(C)C)cc1. The van der Waals surface area contributed by atoms with Gasteiger partial charge in [-0.15, -0.1) is 0 Å². The van der Waals surface area contributed by atoms with Crippen LogP contribution in [0.15, 0.2) is 24.3 Å². The average molecular weight is 220 g/mol. The maximum absolute atomic E-state index is 9.77. The van der Waals surface area contributed by atoms with E-state index in [0.29, 0.717) is 11.8 Å². The standard InChI is InChI=1S/C15H24O/c1-11(2)15(16)10-7-13(4)14-8-5-12(3)6-9-14/h5-6,8-9,11,13,15-16H,7,10H2,1-4H3. The highest BCUT2D eigenvalue weighted by atomic mass is 16.3. The van der Waals surface area contributed by atoms with Crippen LogP contribution in [0.5, 0.6) is 0 Å². The van der Waals surface area contributed by atoms with Crippen molar-refractivity contribution in [2.75, 3.05) is 0 Å². The number of hydrogen-bond acceptors (Lipinski definition) is 1. The Labute approximate surface area is 99.5 Å². The molecule has 0 spiro atoms. The maximum atomic E-state index is 9.77. The fourth-order valence-electron chi connectivity index (χ4n) is 1.82. The summed E-state index contributed by atoms with van der Waals surface area (Å²) in [5, 5.41) is 9.77. The highest BCUT2D eigenvalue weighted by molar-refractivity contribution is 5.23. The van der Waals surface area contributed by atoms with Gasteiger partial charge in [0, 0.05) is 0 Å². The van der Waals surface area contributed by atoms with Crippen LogP contribution in [0.2, 0.25) is 0 Å². The maximum Gasteiger partial charge on any atom is 0.0563 e. The van der Waals surface area contributed by atoms with Crippen molar-refractivity contribution in [2.45, 2.75) is 52.6 Å². The molecule has 0 heterocycles. The molecule has 1 aromatic carbocycles. The summed E-state index contributed by atoms with van der Waals surface area (Å²) >= 11 is 0. The van der Waals surface area contributed by atoms with Gasteiger partial charge in [-0.2, -0.15) is 0 Å². The predicted molar refractivity (Wildman–Crippen MR) is 69.7 cm³/mol. The van der Waals surface area contributed by atoms with Crippen LogP contribution in [0.1, 0.15) is 50.7 Å². The van der Waals surface area contributed by atoms with Crippen LogP contribution in [-0.2, 0) is 0 Å². The smallest absolute Gasteiger partial charge is 0.0563 e. The Balaban J connectivity index is 2.46. The molecule has 0 aliphatic heterocycles. The van der Waals surface area contributed by atoms with Gasteiger partial charge in [-0.25, -0.2) is 0 Å². The Hall–Kier alpha value is -0.820. The monoisotopic (exact) mass is 220 g/mol. The van der Waals surface area contributed by atoms with Crippen molar-refractivity contribution in [1.29, 1.82) is 0 Å². The number of benzene rings is 1. The van der Waals surface area contributed by atoms with Crippen molar-refractivity contribution >= 4 is 0 Å². The fourth-order valence-corrected chi connectivity index (χ4v) is 1.82. The first-order valence-corrected chi connectivity index (χ1v) is 6.25. The molecule has 2 unspecified atom stereocenters. The van der Waals surface area contributed by atoms with E-state index in [9.17, 15) is 5.11 Å². The summed E-state index contributed by atoms with van der Waals surface area (Å²) in [6, 6.07) is 8.71. The molecule has 2 atom stereocenters. The second-order valence-electron chi connectivity index (χ2n) is 5.20. The van der Waals surface area contributed by atoms with Crippen LogP contribution in [0, 0.1) is 12.8 Å². The second kappa shape index (κ2) is 6.05. The summed E-state index contributed by atoms with van der Waals surface area (Å²) in [6.07, 6.45) is 1.79. The largest absolute Gasteiger partial charge is 0.393 e. The van der Waals surface area contributed by atoms with Crippen molar-refractivity contribution in [3.63, 3.8) is 0 Å². The minimum atomic E-state index is -0.159. The Bertz CT molecular complexity index is 300. The summed E-state index contributed by atoms with van der Waals surface area (Å²) < 4.78 is 0. The van der Waals surface area contributed by atoms with E-state index in [1.165, 1.54) is 11.1 Å². The van der Waals surface area contributed by atoms with Crippen molar-refractivity contribution in [3.8, 4) is 0 Å². The zero-order chi connectivity index (χ0) is 12.1. The van der Waals surface area contributed by atoms with E-state index in [1.54, 1.807) is 0 Å². The number of aliphatic hydroxyl groups is 1. The Morgan fingerprint density at radius 3 is 2.06 bits per heavy atom. The van der Waals surface area contributed by atoms with Gasteiger partial charge in [-0.05, 0) is 37.2 Å². The topological polar surface area (TPSA) is 20.2 Å². The molecule has 1 rings (SSSR count). The van der Waals surface area contributed by atoms with Gasteiger partial charge >= 0.3 is 0 Å². The second-order valence-corrected chi connectivity index (χ2v) is 5.20. The molecule has 0 saturated heterocycles. The Morgan fingerprint density at radius 1 is 1.00 bits per heavy atom. The molecule has 90 valence electrons. The lowest BCUT2D eigenvalue weighted by atomic mass is 9.92. The van der Waals surface area contributed by atoms with Gasteiger partial charge in [0.2, 0.25) is 0 Å². The highest BCUT2D eigenvalue weighted by Crippen LogP contribution is 2.23. The molecule has 0 aliphatic rings. The first kappa shape index (κ1) is 13.2. The van der Waals surface area contributed by atoms with Gasteiger partial charge in [0.1, 0.15) is 0 Å². The quantitative estimate of drug-likeness (QED) is 0.798. The molecule has 0 bridgehead atoms. The fraction of sp³-hybridized carbons (Fsp3) is 0.600. The van der Waals surface area contributed by atoms with Crippen molar-refractivity contribution < 1.29 is 5.11 Å². The van der Waals surface area contributed by atoms with Gasteiger partial charge in [0.15, 0.2) is 0 Å². The first-order chi connectivity index (χ1) is 7.50. The summed E-state index contributed by atoms with van der Waals surface area (Å²) in [5.74, 6) is 0.902. The third kappa shape index (κ3) is 3.97. The van der Waals surface area contributed by atoms with Crippen LogP contribution in [0.4, 0.5) is 0 Å². The van der Waals surface area contributed by atoms with E-state index < -0.39 is 0 Å². The van der Waals surface area contributed by atoms with Crippen molar-refractivity contribution in [3.05, 3.63) is 35.4 Å². The van der Waals surface area contributed by atoms with Crippen LogP contribution < -0.4 is 0 Å². The molecular weight excluding hydrogens is 196 g/mol. The number of hydrogen-bond donors (Lipinski definition) is 1. The van der Waals surface area contributed by atoms with E-state index >= 15 is 0 Å². The molecule has 0 saturated carbocycles. The van der Waals surface area contributed by atoms with E-state index in [0.717, 1.165) is 12.8 Å². The van der Waals surface area contributed by atoms with Gasteiger partial charge in [0.25, 0.3) is 0 Å². The molecule has 0 amide bonds. The highest BCUT2D eigenvalue weighted by Gasteiger charge is 2.12. The average Bonchev–Trinajstić information content (AvgIpc) is 2.26. The molecular formula is C15H24O. The van der Waals surface area contributed by atoms with Crippen LogP contribution in [-0.4, -0.2) is 11.2 Å². The summed E-state index contributed by atoms with van der Waals surface area (Å²) in [5.41, 5.74) is 2.68. The van der Waals surface area contributed by atoms with Gasteiger partial charge < -0.3 is 5.11 Å². The lowest BCUT2D eigenvalue weighted by molar-refractivity contribution is 0.112. The minimum absolute atomic E-state index is 0.159. The Morgan fingerprint density at radius 2 is 1.56 bits per heavy atom. The van der Waals surface area contributed by atoms with E-state index in [2.05, 4.69) is 52.0 Å². The molecule has 1 aromatic rings.